The Morgan fingerprint density at radius 3 is 2.12 bits per heavy atom. The quantitative estimate of drug-likeness (QED) is 0.190. The molecule has 0 spiro atoms. The Hall–Kier alpha value is -4.66. The van der Waals surface area contributed by atoms with Gasteiger partial charge in [0.1, 0.15) is 31.3 Å². The number of aldehydes is 1. The van der Waals surface area contributed by atoms with Gasteiger partial charge in [-0.1, -0.05) is 19.1 Å². The molecule has 40 heavy (non-hydrogen) atoms. The smallest absolute Gasteiger partial charge is 0.305 e. The van der Waals surface area contributed by atoms with E-state index in [2.05, 4.69) is 10.6 Å². The second kappa shape index (κ2) is 16.3. The van der Waals surface area contributed by atoms with Crippen LogP contribution in [0.25, 0.3) is 0 Å². The molecule has 15 nitrogen and oxygen atoms in total. The van der Waals surface area contributed by atoms with Gasteiger partial charge in [-0.15, -0.1) is 0 Å². The zero-order chi connectivity index (χ0) is 30.4. The number of hydrogen-bond acceptors (Lipinski definition) is 9. The van der Waals surface area contributed by atoms with Crippen LogP contribution in [0.4, 0.5) is 11.4 Å². The van der Waals surface area contributed by atoms with Crippen molar-refractivity contribution in [3.05, 3.63) is 24.3 Å². The van der Waals surface area contributed by atoms with E-state index in [1.165, 1.54) is 19.1 Å². The minimum atomic E-state index is -1.33. The molecule has 4 amide bonds. The molecule has 0 unspecified atom stereocenters. The molecule has 1 heterocycles. The van der Waals surface area contributed by atoms with Crippen molar-refractivity contribution in [2.75, 3.05) is 29.5 Å². The number of aliphatic carboxylic acids is 2. The number of nitrogens with zero attached hydrogens (tertiary/aromatic N) is 2. The fourth-order valence-electron chi connectivity index (χ4n) is 3.45. The predicted octanol–water partition coefficient (Wildman–Crippen LogP) is -1.15. The number of rotatable bonds is 12. The summed E-state index contributed by atoms with van der Waals surface area (Å²) in [5.41, 5.74) is 0.307. The summed E-state index contributed by atoms with van der Waals surface area (Å²) >= 11 is 0. The first kappa shape index (κ1) is 33.4. The zero-order valence-electron chi connectivity index (χ0n) is 22.0. The molecule has 1 aromatic rings. The molecule has 0 saturated heterocycles. The number of carboxylic acids is 2. The van der Waals surface area contributed by atoms with E-state index in [1.54, 1.807) is 19.1 Å². The highest BCUT2D eigenvalue weighted by Crippen LogP contribution is 2.32. The molecule has 0 fully saturated rings. The highest BCUT2D eigenvalue weighted by atomic mass is 16.4. The number of aliphatic hydroxyl groups excluding tert-OH is 1. The number of carbonyl (C=O) groups excluding carboxylic acids is 6. The first-order valence-electron chi connectivity index (χ1n) is 12.1. The normalized spacial score (nSPS) is 14.9. The van der Waals surface area contributed by atoms with Gasteiger partial charge in [-0.25, -0.2) is 0 Å². The first-order valence-corrected chi connectivity index (χ1v) is 12.1. The number of anilines is 2. The van der Waals surface area contributed by atoms with Crippen LogP contribution >= 0.6 is 0 Å². The maximum absolute atomic E-state index is 13.4. The summed E-state index contributed by atoms with van der Waals surface area (Å²) in [7, 11) is 0. The SMILES string of the molecule is CC(=O)CCC(=O)N[C@H]1CN(C(=O)CO)c2ccccc2N(CC(=O)N[C@H](C=O)CC(=O)O)C1=O.CCC(=O)O. The van der Waals surface area contributed by atoms with Crippen molar-refractivity contribution in [3.63, 3.8) is 0 Å². The Balaban J connectivity index is 0.00000146. The van der Waals surface area contributed by atoms with Crippen LogP contribution in [0.2, 0.25) is 0 Å². The molecule has 0 radical (unpaired) electrons. The van der Waals surface area contributed by atoms with E-state index >= 15 is 0 Å². The van der Waals surface area contributed by atoms with Gasteiger partial charge in [0, 0.05) is 19.3 Å². The molecule has 0 aromatic heterocycles. The number of hydrogen-bond donors (Lipinski definition) is 5. The molecule has 2 atom stereocenters. The number of Topliss-reactive ketones (excluding diaryl/α,β-unsaturated/α-hetero) is 1. The second-order valence-corrected chi connectivity index (χ2v) is 8.55. The van der Waals surface area contributed by atoms with Crippen LogP contribution in [0.5, 0.6) is 0 Å². The molecule has 218 valence electrons. The summed E-state index contributed by atoms with van der Waals surface area (Å²) in [5.74, 6) is -5.31. The lowest BCUT2D eigenvalue weighted by atomic mass is 10.2. The number of fused-ring (bicyclic) bond motifs is 1. The number of amides is 4. The zero-order valence-corrected chi connectivity index (χ0v) is 22.0. The third-order valence-electron chi connectivity index (χ3n) is 5.38. The van der Waals surface area contributed by atoms with Crippen LogP contribution in [0.1, 0.15) is 39.5 Å². The van der Waals surface area contributed by atoms with Gasteiger partial charge in [-0.05, 0) is 19.1 Å². The van der Waals surface area contributed by atoms with E-state index < -0.39 is 67.2 Å². The van der Waals surface area contributed by atoms with Crippen LogP contribution < -0.4 is 20.4 Å². The molecule has 15 heteroatoms. The van der Waals surface area contributed by atoms with Crippen LogP contribution in [0.3, 0.4) is 0 Å². The lowest BCUT2D eigenvalue weighted by Crippen LogP contribution is -2.55. The van der Waals surface area contributed by atoms with Crippen molar-refractivity contribution in [2.24, 2.45) is 0 Å². The molecular formula is C25H32N4O11. The third kappa shape index (κ3) is 10.6. The average Bonchev–Trinajstić information content (AvgIpc) is 3.01. The summed E-state index contributed by atoms with van der Waals surface area (Å²) in [5, 5.41) is 30.7. The van der Waals surface area contributed by atoms with Gasteiger partial charge < -0.3 is 40.4 Å². The van der Waals surface area contributed by atoms with Gasteiger partial charge in [0.05, 0.1) is 30.4 Å². The van der Waals surface area contributed by atoms with Crippen molar-refractivity contribution in [1.29, 1.82) is 0 Å². The number of carboxylic acid groups (broad SMARTS) is 2. The van der Waals surface area contributed by atoms with Crippen LogP contribution in [-0.4, -0.2) is 94.7 Å². The van der Waals surface area contributed by atoms with E-state index in [-0.39, 0.29) is 49.3 Å². The molecule has 1 aliphatic heterocycles. The second-order valence-electron chi connectivity index (χ2n) is 8.55. The number of nitrogens with one attached hydrogen (secondary N) is 2. The Morgan fingerprint density at radius 1 is 1.02 bits per heavy atom. The molecule has 1 aromatic carbocycles. The number of para-hydroxylation sites is 2. The van der Waals surface area contributed by atoms with Gasteiger partial charge >= 0.3 is 11.9 Å². The summed E-state index contributed by atoms with van der Waals surface area (Å²) < 4.78 is 0. The standard InChI is InChI=1S/C22H26N4O9.C3H6O2/c1-13(29)6-7-18(30)24-15-9-25(20(32)12-28)16-4-2-3-5-17(16)26(22(15)35)10-19(31)23-14(11-27)8-21(33)34;1-2-3(4)5/h2-5,11,14-15,28H,6-10,12H2,1H3,(H,23,31)(H,24,30)(H,33,34);2H2,1H3,(H,4,5)/t14-,15-;/m0./s1. The van der Waals surface area contributed by atoms with E-state index in [0.717, 1.165) is 9.80 Å². The van der Waals surface area contributed by atoms with Gasteiger partial charge in [-0.2, -0.15) is 0 Å². The van der Waals surface area contributed by atoms with Crippen molar-refractivity contribution >= 4 is 59.0 Å². The Bertz CT molecular complexity index is 1140. The van der Waals surface area contributed by atoms with Gasteiger partial charge in [0.25, 0.3) is 11.8 Å². The van der Waals surface area contributed by atoms with E-state index in [4.69, 9.17) is 10.2 Å². The summed E-state index contributed by atoms with van der Waals surface area (Å²) in [6.45, 7) is 1.02. The number of ketones is 1. The average molecular weight is 565 g/mol. The topological polar surface area (TPSA) is 228 Å². The third-order valence-corrected chi connectivity index (χ3v) is 5.38. The Morgan fingerprint density at radius 2 is 1.62 bits per heavy atom. The van der Waals surface area contributed by atoms with Crippen LogP contribution in [0.15, 0.2) is 24.3 Å². The minimum Gasteiger partial charge on any atom is -0.481 e. The lowest BCUT2D eigenvalue weighted by molar-refractivity contribution is -0.139. The molecular weight excluding hydrogens is 532 g/mol. The van der Waals surface area contributed by atoms with Gasteiger partial charge in [0.15, 0.2) is 0 Å². The van der Waals surface area contributed by atoms with E-state index in [1.807, 2.05) is 0 Å². The fraction of sp³-hybridized carbons (Fsp3) is 0.440. The predicted molar refractivity (Wildman–Crippen MR) is 138 cm³/mol. The van der Waals surface area contributed by atoms with E-state index in [9.17, 15) is 43.5 Å². The molecule has 2 rings (SSSR count). The lowest BCUT2D eigenvalue weighted by Gasteiger charge is -2.25. The maximum Gasteiger partial charge on any atom is 0.305 e. The van der Waals surface area contributed by atoms with Crippen molar-refractivity contribution in [3.8, 4) is 0 Å². The molecule has 5 N–H and O–H groups in total. The minimum absolute atomic E-state index is 0.0605. The summed E-state index contributed by atoms with van der Waals surface area (Å²) in [4.78, 5) is 95.5. The first-order chi connectivity index (χ1) is 18.8. The largest absolute Gasteiger partial charge is 0.481 e. The summed E-state index contributed by atoms with van der Waals surface area (Å²) in [6, 6.07) is 3.40. The number of benzene rings is 1. The van der Waals surface area contributed by atoms with Crippen LogP contribution in [0, 0.1) is 0 Å². The highest BCUT2D eigenvalue weighted by Gasteiger charge is 2.37. The molecule has 0 bridgehead atoms. The number of aliphatic hydroxyl groups is 1. The van der Waals surface area contributed by atoms with Gasteiger partial charge in [-0.3, -0.25) is 33.7 Å². The van der Waals surface area contributed by atoms with Crippen molar-refractivity contribution in [2.45, 2.75) is 51.6 Å². The van der Waals surface area contributed by atoms with Crippen molar-refractivity contribution < 1.29 is 53.7 Å². The highest BCUT2D eigenvalue weighted by molar-refractivity contribution is 6.10. The van der Waals surface area contributed by atoms with Gasteiger partial charge in [0.2, 0.25) is 11.8 Å². The van der Waals surface area contributed by atoms with E-state index in [0.29, 0.717) is 0 Å². The monoisotopic (exact) mass is 564 g/mol. The van der Waals surface area contributed by atoms with Crippen LogP contribution in [-0.2, 0) is 38.4 Å². The molecule has 0 saturated carbocycles. The Labute approximate surface area is 229 Å². The molecule has 1 aliphatic rings. The molecule has 0 aliphatic carbocycles. The fourth-order valence-corrected chi connectivity index (χ4v) is 3.45. The Kier molecular flexibility index (Phi) is 13.6. The number of carbonyl (C=O) groups is 8. The summed E-state index contributed by atoms with van der Waals surface area (Å²) in [6.07, 6.45) is -0.441. The maximum atomic E-state index is 13.4. The van der Waals surface area contributed by atoms with Crippen molar-refractivity contribution in [1.82, 2.24) is 10.6 Å².